The number of aromatic carboxylic acids is 1. The van der Waals surface area contributed by atoms with Crippen molar-refractivity contribution in [3.63, 3.8) is 0 Å². The molecule has 0 unspecified atom stereocenters. The molecule has 4 nitrogen and oxygen atoms in total. The van der Waals surface area contributed by atoms with E-state index in [9.17, 15) is 17.6 Å². The van der Waals surface area contributed by atoms with Gasteiger partial charge in [-0.05, 0) is 17.7 Å². The summed E-state index contributed by atoms with van der Waals surface area (Å²) in [4.78, 5) is 11.2. The Balaban J connectivity index is 2.37. The van der Waals surface area contributed by atoms with Crippen molar-refractivity contribution in [1.29, 1.82) is 0 Å². The number of benzene rings is 1. The Morgan fingerprint density at radius 1 is 1.37 bits per heavy atom. The number of rotatable bonds is 1. The van der Waals surface area contributed by atoms with E-state index in [4.69, 9.17) is 5.11 Å². The fourth-order valence-electron chi connectivity index (χ4n) is 2.15. The van der Waals surface area contributed by atoms with E-state index in [1.807, 2.05) is 0 Å². The van der Waals surface area contributed by atoms with Gasteiger partial charge in [0.2, 0.25) is 0 Å². The van der Waals surface area contributed by atoms with Crippen LogP contribution in [0.5, 0.6) is 0 Å². The molecule has 3 rings (SSSR count). The smallest absolute Gasteiger partial charge is 0.345 e. The largest absolute Gasteiger partial charge is 0.477 e. The van der Waals surface area contributed by atoms with Crippen LogP contribution < -0.4 is 0 Å². The summed E-state index contributed by atoms with van der Waals surface area (Å²) in [5.74, 6) is -2.27. The van der Waals surface area contributed by atoms with Gasteiger partial charge < -0.3 is 5.11 Å². The maximum atomic E-state index is 13.7. The van der Waals surface area contributed by atoms with Gasteiger partial charge in [0.05, 0.1) is 5.75 Å². The van der Waals surface area contributed by atoms with Crippen molar-refractivity contribution in [2.75, 3.05) is 0 Å². The summed E-state index contributed by atoms with van der Waals surface area (Å²) in [6.07, 6.45) is 0. The lowest BCUT2D eigenvalue weighted by molar-refractivity contribution is 0.0702. The van der Waals surface area contributed by atoms with Crippen molar-refractivity contribution in [3.8, 4) is 10.4 Å². The lowest BCUT2D eigenvalue weighted by Crippen LogP contribution is -2.13. The standard InChI is InChI=1S/C12H7FO4S2/c13-8-3-1-2-7-10-6(4-9(18-10)12(14)15)5-19(16,17)11(7)8/h1-4H,5H2,(H,14,15). The van der Waals surface area contributed by atoms with Crippen LogP contribution in [0.1, 0.15) is 15.2 Å². The van der Waals surface area contributed by atoms with E-state index in [0.717, 1.165) is 17.4 Å². The summed E-state index contributed by atoms with van der Waals surface area (Å²) in [6.45, 7) is 0. The summed E-state index contributed by atoms with van der Waals surface area (Å²) in [5.41, 5.74) is 0.666. The van der Waals surface area contributed by atoms with Gasteiger partial charge >= 0.3 is 5.97 Å². The van der Waals surface area contributed by atoms with E-state index in [0.29, 0.717) is 10.4 Å². The molecule has 0 atom stereocenters. The molecule has 0 amide bonds. The molecule has 19 heavy (non-hydrogen) atoms. The highest BCUT2D eigenvalue weighted by atomic mass is 32.2. The molecule has 1 aromatic heterocycles. The first-order valence-electron chi connectivity index (χ1n) is 5.28. The zero-order chi connectivity index (χ0) is 13.8. The van der Waals surface area contributed by atoms with Gasteiger partial charge in [0.25, 0.3) is 0 Å². The van der Waals surface area contributed by atoms with Gasteiger partial charge in [-0.1, -0.05) is 12.1 Å². The quantitative estimate of drug-likeness (QED) is 0.878. The van der Waals surface area contributed by atoms with Crippen LogP contribution in [0.25, 0.3) is 10.4 Å². The third kappa shape index (κ3) is 1.77. The molecule has 1 aromatic carbocycles. The van der Waals surface area contributed by atoms with Crippen molar-refractivity contribution in [3.05, 3.63) is 40.5 Å². The molecule has 7 heteroatoms. The number of carboxylic acids is 1. The van der Waals surface area contributed by atoms with E-state index in [1.54, 1.807) is 0 Å². The summed E-state index contributed by atoms with van der Waals surface area (Å²) in [5, 5.41) is 8.95. The zero-order valence-electron chi connectivity index (χ0n) is 9.38. The maximum Gasteiger partial charge on any atom is 0.345 e. The molecule has 1 N–H and O–H groups in total. The van der Waals surface area contributed by atoms with Gasteiger partial charge in [-0.25, -0.2) is 17.6 Å². The Kier molecular flexibility index (Phi) is 2.51. The average molecular weight is 298 g/mol. The van der Waals surface area contributed by atoms with Crippen LogP contribution in [0, 0.1) is 5.82 Å². The minimum Gasteiger partial charge on any atom is -0.477 e. The summed E-state index contributed by atoms with van der Waals surface area (Å²) >= 11 is 0.965. The fraction of sp³-hybridized carbons (Fsp3) is 0.0833. The molecule has 1 aliphatic heterocycles. The van der Waals surface area contributed by atoms with Crippen molar-refractivity contribution < 1.29 is 22.7 Å². The lowest BCUT2D eigenvalue weighted by atomic mass is 10.1. The van der Waals surface area contributed by atoms with E-state index >= 15 is 0 Å². The Hall–Kier alpha value is -1.73. The van der Waals surface area contributed by atoms with Gasteiger partial charge in [0, 0.05) is 10.4 Å². The maximum absolute atomic E-state index is 13.7. The van der Waals surface area contributed by atoms with Crippen molar-refractivity contribution in [2.24, 2.45) is 0 Å². The van der Waals surface area contributed by atoms with E-state index < -0.39 is 21.6 Å². The second-order valence-corrected chi connectivity index (χ2v) is 7.12. The molecule has 98 valence electrons. The van der Waals surface area contributed by atoms with Crippen molar-refractivity contribution >= 4 is 27.1 Å². The molecule has 1 aliphatic rings. The monoisotopic (exact) mass is 298 g/mol. The normalized spacial score (nSPS) is 15.6. The highest BCUT2D eigenvalue weighted by Crippen LogP contribution is 2.43. The van der Waals surface area contributed by atoms with Crippen LogP contribution in [0.4, 0.5) is 4.39 Å². The van der Waals surface area contributed by atoms with E-state index in [-0.39, 0.29) is 21.1 Å². The molecule has 0 fully saturated rings. The molecule has 2 aromatic rings. The fourth-order valence-corrected chi connectivity index (χ4v) is 5.01. The predicted molar refractivity (Wildman–Crippen MR) is 67.6 cm³/mol. The van der Waals surface area contributed by atoms with Gasteiger partial charge in [-0.3, -0.25) is 0 Å². The number of hydrogen-bond donors (Lipinski definition) is 1. The number of hydrogen-bond acceptors (Lipinski definition) is 4. The first-order valence-corrected chi connectivity index (χ1v) is 7.74. The molecule has 0 aliphatic carbocycles. The van der Waals surface area contributed by atoms with Crippen LogP contribution in [0.2, 0.25) is 0 Å². The van der Waals surface area contributed by atoms with Crippen LogP contribution in [-0.2, 0) is 15.6 Å². The Bertz CT molecular complexity index is 805. The van der Waals surface area contributed by atoms with Crippen LogP contribution >= 0.6 is 11.3 Å². The number of sulfone groups is 1. The molecular formula is C12H7FO4S2. The minimum absolute atomic E-state index is 0.0531. The summed E-state index contributed by atoms with van der Waals surface area (Å²) in [6, 6.07) is 5.34. The minimum atomic E-state index is -3.76. The first kappa shape index (κ1) is 12.3. The molecule has 0 saturated carbocycles. The van der Waals surface area contributed by atoms with Gasteiger partial charge in [-0.2, -0.15) is 0 Å². The van der Waals surface area contributed by atoms with Crippen molar-refractivity contribution in [2.45, 2.75) is 10.6 Å². The highest BCUT2D eigenvalue weighted by molar-refractivity contribution is 7.91. The SMILES string of the molecule is O=C(O)c1cc2c(s1)-c1cccc(F)c1S(=O)(=O)C2. The number of thiophene rings is 1. The predicted octanol–water partition coefficient (Wildman–Crippen LogP) is 2.54. The van der Waals surface area contributed by atoms with Gasteiger partial charge in [0.15, 0.2) is 9.84 Å². The van der Waals surface area contributed by atoms with E-state index in [2.05, 4.69) is 0 Å². The van der Waals surface area contributed by atoms with Gasteiger partial charge in [0.1, 0.15) is 15.6 Å². The number of halogens is 1. The third-order valence-corrected chi connectivity index (χ3v) is 5.81. The lowest BCUT2D eigenvalue weighted by Gasteiger charge is -2.16. The first-order chi connectivity index (χ1) is 8.90. The summed E-state index contributed by atoms with van der Waals surface area (Å²) < 4.78 is 37.8. The van der Waals surface area contributed by atoms with Crippen molar-refractivity contribution in [1.82, 2.24) is 0 Å². The Labute approximate surface area is 112 Å². The van der Waals surface area contributed by atoms with Crippen LogP contribution in [-0.4, -0.2) is 19.5 Å². The molecule has 0 saturated heterocycles. The van der Waals surface area contributed by atoms with Crippen LogP contribution in [0.15, 0.2) is 29.2 Å². The number of fused-ring (bicyclic) bond motifs is 3. The molecular weight excluding hydrogens is 291 g/mol. The Morgan fingerprint density at radius 2 is 2.11 bits per heavy atom. The topological polar surface area (TPSA) is 71.4 Å². The van der Waals surface area contributed by atoms with E-state index in [1.165, 1.54) is 18.2 Å². The number of carbonyl (C=O) groups is 1. The second-order valence-electron chi connectivity index (χ2n) is 4.15. The zero-order valence-corrected chi connectivity index (χ0v) is 11.0. The second kappa shape index (κ2) is 3.88. The molecule has 0 spiro atoms. The number of carboxylic acid groups (broad SMARTS) is 1. The van der Waals surface area contributed by atoms with Gasteiger partial charge in [-0.15, -0.1) is 11.3 Å². The highest BCUT2D eigenvalue weighted by Gasteiger charge is 2.33. The molecule has 0 radical (unpaired) electrons. The molecule has 2 heterocycles. The van der Waals surface area contributed by atoms with Crippen LogP contribution in [0.3, 0.4) is 0 Å². The molecule has 0 bridgehead atoms. The third-order valence-electron chi connectivity index (χ3n) is 2.89. The average Bonchev–Trinajstić information content (AvgIpc) is 2.71. The Morgan fingerprint density at radius 3 is 2.79 bits per heavy atom. The summed E-state index contributed by atoms with van der Waals surface area (Å²) in [7, 11) is -3.76.